The highest BCUT2D eigenvalue weighted by molar-refractivity contribution is 7.98. The van der Waals surface area contributed by atoms with Crippen molar-refractivity contribution in [2.75, 3.05) is 23.9 Å². The van der Waals surface area contributed by atoms with Crippen molar-refractivity contribution in [1.29, 1.82) is 5.26 Å². The highest BCUT2D eigenvalue weighted by Crippen LogP contribution is 2.25. The van der Waals surface area contributed by atoms with Crippen LogP contribution in [-0.4, -0.2) is 23.5 Å². The molecule has 1 aromatic carbocycles. The Morgan fingerprint density at radius 2 is 2.22 bits per heavy atom. The zero-order valence-corrected chi connectivity index (χ0v) is 11.1. The summed E-state index contributed by atoms with van der Waals surface area (Å²) in [6, 6.07) is 10.1. The highest BCUT2D eigenvalue weighted by atomic mass is 32.2. The summed E-state index contributed by atoms with van der Waals surface area (Å²) in [6.45, 7) is 0.878. The third kappa shape index (κ3) is 2.74. The summed E-state index contributed by atoms with van der Waals surface area (Å²) >= 11 is 1.83. The molecular formula is C14H15N3S. The maximum absolute atomic E-state index is 9.15. The average molecular weight is 257 g/mol. The Morgan fingerprint density at radius 3 is 3.00 bits per heavy atom. The van der Waals surface area contributed by atoms with Crippen LogP contribution in [0.4, 0.5) is 5.69 Å². The van der Waals surface area contributed by atoms with E-state index in [-0.39, 0.29) is 0 Å². The van der Waals surface area contributed by atoms with Gasteiger partial charge < -0.3 is 5.32 Å². The number of thioether (sulfide) groups is 1. The first-order valence-corrected chi connectivity index (χ1v) is 7.27. The van der Waals surface area contributed by atoms with Crippen LogP contribution in [0, 0.1) is 11.3 Å². The largest absolute Gasteiger partial charge is 0.383 e. The van der Waals surface area contributed by atoms with Gasteiger partial charge in [-0.1, -0.05) is 18.2 Å². The molecule has 0 saturated carbocycles. The van der Waals surface area contributed by atoms with Crippen molar-refractivity contribution >= 4 is 28.4 Å². The first kappa shape index (κ1) is 12.7. The van der Waals surface area contributed by atoms with Crippen molar-refractivity contribution in [2.24, 2.45) is 0 Å². The topological polar surface area (TPSA) is 48.7 Å². The number of nitriles is 1. The first-order chi connectivity index (χ1) is 8.86. The number of para-hydroxylation sites is 1. The molecule has 4 heteroatoms. The number of hydrogen-bond acceptors (Lipinski definition) is 4. The number of benzene rings is 1. The number of anilines is 1. The lowest BCUT2D eigenvalue weighted by atomic mass is 10.1. The van der Waals surface area contributed by atoms with E-state index in [9.17, 15) is 0 Å². The van der Waals surface area contributed by atoms with Gasteiger partial charge in [-0.15, -0.1) is 0 Å². The van der Waals surface area contributed by atoms with Crippen LogP contribution < -0.4 is 5.32 Å². The zero-order valence-electron chi connectivity index (χ0n) is 10.3. The average Bonchev–Trinajstić information content (AvgIpc) is 2.43. The summed E-state index contributed by atoms with van der Waals surface area (Å²) in [5, 5.41) is 13.5. The predicted molar refractivity (Wildman–Crippen MR) is 77.9 cm³/mol. The second kappa shape index (κ2) is 6.27. The molecule has 1 heterocycles. The van der Waals surface area contributed by atoms with Crippen molar-refractivity contribution in [3.05, 3.63) is 36.0 Å². The Bertz CT molecular complexity index is 575. The molecular weight excluding hydrogens is 242 g/mol. The normalized spacial score (nSPS) is 10.2. The molecule has 0 amide bonds. The van der Waals surface area contributed by atoms with Crippen LogP contribution in [0.2, 0.25) is 0 Å². The monoisotopic (exact) mass is 257 g/mol. The second-order valence-electron chi connectivity index (χ2n) is 3.95. The molecule has 0 unspecified atom stereocenters. The van der Waals surface area contributed by atoms with Crippen LogP contribution in [0.15, 0.2) is 30.5 Å². The zero-order chi connectivity index (χ0) is 12.8. The molecule has 92 valence electrons. The van der Waals surface area contributed by atoms with E-state index in [1.54, 1.807) is 6.20 Å². The number of pyridine rings is 1. The van der Waals surface area contributed by atoms with Crippen molar-refractivity contribution in [3.8, 4) is 6.07 Å². The second-order valence-corrected chi connectivity index (χ2v) is 4.93. The summed E-state index contributed by atoms with van der Waals surface area (Å²) in [5.74, 6) is 1.12. The number of aromatic nitrogens is 1. The lowest BCUT2D eigenvalue weighted by molar-refractivity contribution is 0.994. The molecule has 18 heavy (non-hydrogen) atoms. The van der Waals surface area contributed by atoms with Gasteiger partial charge in [-0.25, -0.2) is 0 Å². The fourth-order valence-electron chi connectivity index (χ4n) is 1.85. The fraction of sp³-hybridized carbons (Fsp3) is 0.286. The molecule has 0 bridgehead atoms. The molecule has 0 spiro atoms. The van der Waals surface area contributed by atoms with E-state index in [1.807, 2.05) is 36.0 Å². The molecule has 2 rings (SSSR count). The number of rotatable bonds is 5. The van der Waals surface area contributed by atoms with Crippen molar-refractivity contribution in [2.45, 2.75) is 6.42 Å². The molecule has 0 aliphatic heterocycles. The molecule has 0 aliphatic carbocycles. The van der Waals surface area contributed by atoms with Crippen LogP contribution >= 0.6 is 11.8 Å². The number of nitrogens with one attached hydrogen (secondary N) is 1. The Kier molecular flexibility index (Phi) is 4.43. The SMILES string of the molecule is CSCCCNc1c(C#N)cnc2ccccc12. The van der Waals surface area contributed by atoms with Gasteiger partial charge in [0.15, 0.2) is 0 Å². The summed E-state index contributed by atoms with van der Waals surface area (Å²) in [7, 11) is 0. The lowest BCUT2D eigenvalue weighted by Gasteiger charge is -2.10. The summed E-state index contributed by atoms with van der Waals surface area (Å²) in [6.07, 6.45) is 4.82. The van der Waals surface area contributed by atoms with Crippen LogP contribution in [0.5, 0.6) is 0 Å². The minimum atomic E-state index is 0.609. The molecule has 1 N–H and O–H groups in total. The van der Waals surface area contributed by atoms with Crippen molar-refractivity contribution in [1.82, 2.24) is 4.98 Å². The lowest BCUT2D eigenvalue weighted by Crippen LogP contribution is -2.05. The van der Waals surface area contributed by atoms with E-state index in [4.69, 9.17) is 5.26 Å². The molecule has 0 fully saturated rings. The van der Waals surface area contributed by atoms with E-state index in [0.717, 1.165) is 35.3 Å². The fourth-order valence-corrected chi connectivity index (χ4v) is 2.28. The van der Waals surface area contributed by atoms with E-state index < -0.39 is 0 Å². The Morgan fingerprint density at radius 1 is 1.39 bits per heavy atom. The number of hydrogen-bond donors (Lipinski definition) is 1. The van der Waals surface area contributed by atoms with Crippen LogP contribution in [0.25, 0.3) is 10.9 Å². The molecule has 0 aliphatic rings. The maximum Gasteiger partial charge on any atom is 0.103 e. The van der Waals surface area contributed by atoms with Gasteiger partial charge in [-0.05, 0) is 24.5 Å². The van der Waals surface area contributed by atoms with Gasteiger partial charge in [0.05, 0.1) is 16.8 Å². The molecule has 1 aromatic heterocycles. The third-order valence-corrected chi connectivity index (χ3v) is 3.42. The minimum Gasteiger partial charge on any atom is -0.383 e. The maximum atomic E-state index is 9.15. The first-order valence-electron chi connectivity index (χ1n) is 5.87. The van der Waals surface area contributed by atoms with Gasteiger partial charge in [0.2, 0.25) is 0 Å². The van der Waals surface area contributed by atoms with Gasteiger partial charge in [0, 0.05) is 18.1 Å². The van der Waals surface area contributed by atoms with Crippen LogP contribution in [-0.2, 0) is 0 Å². The van der Waals surface area contributed by atoms with Gasteiger partial charge in [0.25, 0.3) is 0 Å². The van der Waals surface area contributed by atoms with Crippen LogP contribution in [0.1, 0.15) is 12.0 Å². The Labute approximate surface area is 111 Å². The van der Waals surface area contributed by atoms with Crippen LogP contribution in [0.3, 0.4) is 0 Å². The third-order valence-electron chi connectivity index (χ3n) is 2.72. The summed E-state index contributed by atoms with van der Waals surface area (Å²) in [4.78, 5) is 4.29. The van der Waals surface area contributed by atoms with E-state index >= 15 is 0 Å². The quantitative estimate of drug-likeness (QED) is 0.835. The highest BCUT2D eigenvalue weighted by Gasteiger charge is 2.07. The van der Waals surface area contributed by atoms with Crippen molar-refractivity contribution < 1.29 is 0 Å². The van der Waals surface area contributed by atoms with E-state index in [1.165, 1.54) is 0 Å². The Balaban J connectivity index is 2.30. The van der Waals surface area contributed by atoms with E-state index in [0.29, 0.717) is 5.56 Å². The molecule has 3 nitrogen and oxygen atoms in total. The van der Waals surface area contributed by atoms with Gasteiger partial charge in [-0.2, -0.15) is 17.0 Å². The summed E-state index contributed by atoms with van der Waals surface area (Å²) in [5.41, 5.74) is 2.44. The number of fused-ring (bicyclic) bond motifs is 1. The smallest absolute Gasteiger partial charge is 0.103 e. The van der Waals surface area contributed by atoms with Crippen molar-refractivity contribution in [3.63, 3.8) is 0 Å². The summed E-state index contributed by atoms with van der Waals surface area (Å²) < 4.78 is 0. The molecule has 0 saturated heterocycles. The minimum absolute atomic E-state index is 0.609. The van der Waals surface area contributed by atoms with Gasteiger partial charge in [0.1, 0.15) is 6.07 Å². The van der Waals surface area contributed by atoms with E-state index in [2.05, 4.69) is 22.6 Å². The predicted octanol–water partition coefficient (Wildman–Crippen LogP) is 3.27. The molecule has 0 radical (unpaired) electrons. The Hall–Kier alpha value is -1.73. The number of nitrogens with zero attached hydrogens (tertiary/aromatic N) is 2. The molecule has 2 aromatic rings. The van der Waals surface area contributed by atoms with Gasteiger partial charge >= 0.3 is 0 Å². The molecule has 0 atom stereocenters. The van der Waals surface area contributed by atoms with Gasteiger partial charge in [-0.3, -0.25) is 4.98 Å². The standard InChI is InChI=1S/C14H15N3S/c1-18-8-4-7-16-14-11(9-15)10-17-13-6-3-2-5-12(13)14/h2-3,5-6,10H,4,7-8H2,1H3,(H,16,17).